The Morgan fingerprint density at radius 1 is 1.39 bits per heavy atom. The van der Waals surface area contributed by atoms with E-state index in [-0.39, 0.29) is 6.10 Å². The summed E-state index contributed by atoms with van der Waals surface area (Å²) in [6.45, 7) is 2.42. The molecule has 0 aromatic heterocycles. The maximum absolute atomic E-state index is 9.99. The number of rotatable bonds is 5. The van der Waals surface area contributed by atoms with Crippen molar-refractivity contribution in [2.45, 2.75) is 45.1 Å². The first-order valence-corrected chi connectivity index (χ1v) is 7.51. The van der Waals surface area contributed by atoms with Crippen LogP contribution in [0.1, 0.15) is 37.7 Å². The molecule has 1 saturated carbocycles. The van der Waals surface area contributed by atoms with Gasteiger partial charge in [-0.1, -0.05) is 47.7 Å². The molecule has 0 spiro atoms. The average Bonchev–Trinajstić information content (AvgIpc) is 2.83. The number of hydrogen-bond acceptors (Lipinski definition) is 2. The number of aliphatic hydroxyl groups is 1. The summed E-state index contributed by atoms with van der Waals surface area (Å²) >= 11 is 3.43. The highest BCUT2D eigenvalue weighted by molar-refractivity contribution is 9.10. The Kier molecular flexibility index (Phi) is 5.07. The van der Waals surface area contributed by atoms with Gasteiger partial charge in [0.1, 0.15) is 12.4 Å². The van der Waals surface area contributed by atoms with E-state index < -0.39 is 0 Å². The van der Waals surface area contributed by atoms with Crippen molar-refractivity contribution < 1.29 is 9.84 Å². The monoisotopic (exact) mass is 312 g/mol. The maximum Gasteiger partial charge on any atom is 0.123 e. The number of ether oxygens (including phenoxy) is 1. The van der Waals surface area contributed by atoms with Crippen LogP contribution in [0.4, 0.5) is 0 Å². The molecule has 0 heterocycles. The minimum absolute atomic E-state index is 0.341. The minimum atomic E-state index is -0.341. The fourth-order valence-corrected chi connectivity index (χ4v) is 2.95. The number of benzene rings is 1. The lowest BCUT2D eigenvalue weighted by Gasteiger charge is -2.17. The third-order valence-corrected chi connectivity index (χ3v) is 4.15. The second kappa shape index (κ2) is 6.58. The Morgan fingerprint density at radius 3 is 2.83 bits per heavy atom. The molecule has 1 aliphatic rings. The van der Waals surface area contributed by atoms with E-state index in [1.54, 1.807) is 0 Å². The van der Waals surface area contributed by atoms with E-state index in [1.165, 1.54) is 25.7 Å². The summed E-state index contributed by atoms with van der Waals surface area (Å²) < 4.78 is 6.72. The highest BCUT2D eigenvalue weighted by Gasteiger charge is 2.19. The van der Waals surface area contributed by atoms with Crippen molar-refractivity contribution in [3.05, 3.63) is 28.2 Å². The lowest BCUT2D eigenvalue weighted by molar-refractivity contribution is 0.0852. The predicted octanol–water partition coefficient (Wildman–Crippen LogP) is 4.08. The first kappa shape index (κ1) is 13.9. The first-order valence-electron chi connectivity index (χ1n) is 6.72. The van der Waals surface area contributed by atoms with Crippen molar-refractivity contribution in [3.8, 4) is 5.75 Å². The van der Waals surface area contributed by atoms with Gasteiger partial charge >= 0.3 is 0 Å². The van der Waals surface area contributed by atoms with Crippen LogP contribution in [0.3, 0.4) is 0 Å². The van der Waals surface area contributed by atoms with E-state index in [0.29, 0.717) is 12.5 Å². The summed E-state index contributed by atoms with van der Waals surface area (Å²) in [5.74, 6) is 1.56. The van der Waals surface area contributed by atoms with Gasteiger partial charge in [-0.3, -0.25) is 0 Å². The third-order valence-electron chi connectivity index (χ3n) is 3.66. The Morgan fingerprint density at radius 2 is 2.11 bits per heavy atom. The van der Waals surface area contributed by atoms with Crippen LogP contribution in [0.25, 0.3) is 0 Å². The van der Waals surface area contributed by atoms with Crippen LogP contribution in [-0.4, -0.2) is 17.8 Å². The van der Waals surface area contributed by atoms with Gasteiger partial charge in [0, 0.05) is 4.47 Å². The first-order chi connectivity index (χ1) is 8.65. The van der Waals surface area contributed by atoms with E-state index in [9.17, 15) is 5.11 Å². The number of hydrogen-bond donors (Lipinski definition) is 1. The Hall–Kier alpha value is -0.540. The van der Waals surface area contributed by atoms with Crippen molar-refractivity contribution in [1.29, 1.82) is 0 Å². The number of aliphatic hydroxyl groups excluding tert-OH is 1. The average molecular weight is 313 g/mol. The quantitative estimate of drug-likeness (QED) is 0.887. The zero-order valence-electron chi connectivity index (χ0n) is 10.9. The van der Waals surface area contributed by atoms with Crippen molar-refractivity contribution in [1.82, 2.24) is 0 Å². The molecule has 0 aliphatic heterocycles. The zero-order valence-corrected chi connectivity index (χ0v) is 12.4. The number of halogens is 1. The van der Waals surface area contributed by atoms with Gasteiger partial charge < -0.3 is 9.84 Å². The Bertz CT molecular complexity index is 386. The van der Waals surface area contributed by atoms with Crippen LogP contribution < -0.4 is 4.74 Å². The topological polar surface area (TPSA) is 29.5 Å². The van der Waals surface area contributed by atoms with Crippen molar-refractivity contribution in [3.63, 3.8) is 0 Å². The van der Waals surface area contributed by atoms with Crippen LogP contribution in [-0.2, 0) is 0 Å². The molecule has 0 saturated heterocycles. The smallest absolute Gasteiger partial charge is 0.123 e. The molecule has 1 N–H and O–H groups in total. The van der Waals surface area contributed by atoms with Crippen LogP contribution in [0, 0.1) is 12.8 Å². The van der Waals surface area contributed by atoms with Gasteiger partial charge in [0.05, 0.1) is 6.10 Å². The summed E-state index contributed by atoms with van der Waals surface area (Å²) in [7, 11) is 0. The summed E-state index contributed by atoms with van der Waals surface area (Å²) in [6, 6.07) is 5.97. The fourth-order valence-electron chi connectivity index (χ4n) is 2.61. The molecule has 1 unspecified atom stereocenters. The van der Waals surface area contributed by atoms with E-state index in [0.717, 1.165) is 22.2 Å². The predicted molar refractivity (Wildman–Crippen MR) is 77.0 cm³/mol. The molecule has 1 aliphatic carbocycles. The second-order valence-corrected chi connectivity index (χ2v) is 6.18. The lowest BCUT2D eigenvalue weighted by Crippen LogP contribution is -2.20. The van der Waals surface area contributed by atoms with Gasteiger partial charge in [-0.15, -0.1) is 0 Å². The van der Waals surface area contributed by atoms with Gasteiger partial charge in [-0.25, -0.2) is 0 Å². The lowest BCUT2D eigenvalue weighted by atomic mass is 10.0. The molecule has 0 amide bonds. The van der Waals surface area contributed by atoms with Gasteiger partial charge in [0.25, 0.3) is 0 Å². The molecule has 1 atom stereocenters. The highest BCUT2D eigenvalue weighted by atomic mass is 79.9. The molecule has 1 aromatic carbocycles. The molecule has 100 valence electrons. The van der Waals surface area contributed by atoms with Crippen molar-refractivity contribution in [2.75, 3.05) is 6.61 Å². The van der Waals surface area contributed by atoms with Crippen LogP contribution in [0.15, 0.2) is 22.7 Å². The van der Waals surface area contributed by atoms with Crippen LogP contribution in [0.5, 0.6) is 5.75 Å². The van der Waals surface area contributed by atoms with Crippen molar-refractivity contribution in [2.24, 2.45) is 5.92 Å². The molecule has 2 rings (SSSR count). The number of aryl methyl sites for hydroxylation is 1. The summed E-state index contributed by atoms with van der Waals surface area (Å²) in [4.78, 5) is 0. The van der Waals surface area contributed by atoms with Gasteiger partial charge in [0.2, 0.25) is 0 Å². The minimum Gasteiger partial charge on any atom is -0.491 e. The Balaban J connectivity index is 1.81. The highest BCUT2D eigenvalue weighted by Crippen LogP contribution is 2.29. The molecule has 2 nitrogen and oxygen atoms in total. The molecule has 0 bridgehead atoms. The summed E-state index contributed by atoms with van der Waals surface area (Å²) in [5, 5.41) is 9.99. The Labute approximate surface area is 117 Å². The van der Waals surface area contributed by atoms with Crippen LogP contribution in [0.2, 0.25) is 0 Å². The molecular formula is C15H21BrO2. The molecule has 18 heavy (non-hydrogen) atoms. The normalized spacial score (nSPS) is 17.9. The molecule has 1 aromatic rings. The molecule has 0 radical (unpaired) electrons. The van der Waals surface area contributed by atoms with E-state index in [2.05, 4.69) is 15.9 Å². The summed E-state index contributed by atoms with van der Waals surface area (Å²) in [5.41, 5.74) is 1.10. The molecular weight excluding hydrogens is 292 g/mol. The van der Waals surface area contributed by atoms with E-state index in [1.807, 2.05) is 25.1 Å². The molecule has 3 heteroatoms. The van der Waals surface area contributed by atoms with Crippen LogP contribution >= 0.6 is 15.9 Å². The SMILES string of the molecule is Cc1ccc(Br)cc1OCC(O)CC1CCCC1. The van der Waals surface area contributed by atoms with Gasteiger partial charge in [-0.2, -0.15) is 0 Å². The third kappa shape index (κ3) is 3.99. The van der Waals surface area contributed by atoms with E-state index in [4.69, 9.17) is 4.74 Å². The second-order valence-electron chi connectivity index (χ2n) is 5.26. The fraction of sp³-hybridized carbons (Fsp3) is 0.600. The zero-order chi connectivity index (χ0) is 13.0. The van der Waals surface area contributed by atoms with E-state index >= 15 is 0 Å². The largest absolute Gasteiger partial charge is 0.491 e. The molecule has 1 fully saturated rings. The van der Waals surface area contributed by atoms with Gasteiger partial charge in [0.15, 0.2) is 0 Å². The van der Waals surface area contributed by atoms with Crippen molar-refractivity contribution >= 4 is 15.9 Å². The summed E-state index contributed by atoms with van der Waals surface area (Å²) in [6.07, 6.45) is 5.73. The van der Waals surface area contributed by atoms with Gasteiger partial charge in [-0.05, 0) is 37.0 Å². The maximum atomic E-state index is 9.99. The standard InChI is InChI=1S/C15H21BrO2/c1-11-6-7-13(16)9-15(11)18-10-14(17)8-12-4-2-3-5-12/h6-7,9,12,14,17H,2-5,8,10H2,1H3.